The minimum absolute atomic E-state index is 0.125. The fraction of sp³-hybridized carbons (Fsp3) is 0.292. The second-order valence-corrected chi connectivity index (χ2v) is 8.15. The topological polar surface area (TPSA) is 78.3 Å². The van der Waals surface area contributed by atoms with Crippen LogP contribution in [0.3, 0.4) is 0 Å². The van der Waals surface area contributed by atoms with E-state index in [1.165, 1.54) is 11.8 Å². The van der Waals surface area contributed by atoms with Gasteiger partial charge in [-0.25, -0.2) is 0 Å². The summed E-state index contributed by atoms with van der Waals surface area (Å²) in [4.78, 5) is 12.4. The van der Waals surface area contributed by atoms with Crippen molar-refractivity contribution in [3.8, 4) is 11.5 Å². The molecule has 0 spiro atoms. The van der Waals surface area contributed by atoms with Gasteiger partial charge in [-0.1, -0.05) is 23.9 Å². The monoisotopic (exact) mass is 452 g/mol. The number of hydrogen-bond acceptors (Lipinski definition) is 6. The third-order valence-corrected chi connectivity index (χ3v) is 5.42. The number of hydrogen-bond donors (Lipinski definition) is 1. The molecule has 0 bridgehead atoms. The second-order valence-electron chi connectivity index (χ2n) is 7.20. The number of thioether (sulfide) groups is 1. The van der Waals surface area contributed by atoms with Gasteiger partial charge in [0.25, 0.3) is 0 Å². The molecule has 2 aromatic carbocycles. The molecule has 1 amide bonds. The van der Waals surface area contributed by atoms with E-state index >= 15 is 0 Å². The van der Waals surface area contributed by atoms with Crippen LogP contribution in [-0.2, 0) is 17.9 Å². The van der Waals surface area contributed by atoms with Crippen molar-refractivity contribution in [3.05, 3.63) is 72.1 Å². The minimum Gasteiger partial charge on any atom is -0.494 e. The molecule has 0 unspecified atom stereocenters. The summed E-state index contributed by atoms with van der Waals surface area (Å²) >= 11 is 1.32. The molecule has 0 saturated carbocycles. The molecule has 0 radical (unpaired) electrons. The van der Waals surface area contributed by atoms with Gasteiger partial charge in [0.2, 0.25) is 5.91 Å². The number of carbonyl (C=O) groups excluding carboxylic acids is 1. The summed E-state index contributed by atoms with van der Waals surface area (Å²) in [5.74, 6) is 2.33. The van der Waals surface area contributed by atoms with Gasteiger partial charge in [0.15, 0.2) is 11.0 Å². The number of aryl methyl sites for hydroxylation is 2. The molecule has 8 heteroatoms. The molecule has 0 aliphatic carbocycles. The zero-order valence-electron chi connectivity index (χ0n) is 18.6. The average Bonchev–Trinajstić information content (AvgIpc) is 3.13. The van der Waals surface area contributed by atoms with Crippen LogP contribution in [-0.4, -0.2) is 33.0 Å². The molecular weight excluding hydrogens is 424 g/mol. The Morgan fingerprint density at radius 1 is 1.09 bits per heavy atom. The highest BCUT2D eigenvalue weighted by Gasteiger charge is 2.14. The number of allylic oxidation sites excluding steroid dienone is 1. The molecule has 0 saturated heterocycles. The summed E-state index contributed by atoms with van der Waals surface area (Å²) in [5.41, 5.74) is 3.00. The van der Waals surface area contributed by atoms with E-state index in [4.69, 9.17) is 9.47 Å². The predicted molar refractivity (Wildman–Crippen MR) is 127 cm³/mol. The number of amides is 1. The van der Waals surface area contributed by atoms with Gasteiger partial charge < -0.3 is 14.8 Å². The third-order valence-electron chi connectivity index (χ3n) is 4.45. The van der Waals surface area contributed by atoms with Crippen molar-refractivity contribution in [1.82, 2.24) is 14.8 Å². The molecule has 7 nitrogen and oxygen atoms in total. The fourth-order valence-corrected chi connectivity index (χ4v) is 3.90. The normalized spacial score (nSPS) is 10.6. The van der Waals surface area contributed by atoms with E-state index in [0.29, 0.717) is 29.8 Å². The number of benzene rings is 2. The summed E-state index contributed by atoms with van der Waals surface area (Å²) in [6.45, 7) is 11.2. The minimum atomic E-state index is -0.125. The zero-order valence-corrected chi connectivity index (χ0v) is 19.4. The van der Waals surface area contributed by atoms with Crippen LogP contribution in [0, 0.1) is 13.8 Å². The molecule has 1 heterocycles. The predicted octanol–water partition coefficient (Wildman–Crippen LogP) is 4.79. The SMILES string of the molecule is C=CCn1c(COc2cc(C)cc(C)c2)nnc1SCC(=O)Nc1ccc(OCC)cc1. The summed E-state index contributed by atoms with van der Waals surface area (Å²) in [6, 6.07) is 13.4. The number of carbonyl (C=O) groups is 1. The van der Waals surface area contributed by atoms with Crippen LogP contribution in [0.4, 0.5) is 5.69 Å². The summed E-state index contributed by atoms with van der Waals surface area (Å²) in [6.07, 6.45) is 1.77. The van der Waals surface area contributed by atoms with Gasteiger partial charge in [-0.3, -0.25) is 9.36 Å². The summed E-state index contributed by atoms with van der Waals surface area (Å²) in [5, 5.41) is 12.0. The third kappa shape index (κ3) is 6.62. The van der Waals surface area contributed by atoms with Crippen molar-refractivity contribution in [1.29, 1.82) is 0 Å². The maximum atomic E-state index is 12.4. The molecule has 0 fully saturated rings. The van der Waals surface area contributed by atoms with Gasteiger partial charge in [-0.2, -0.15) is 0 Å². The number of nitrogens with zero attached hydrogens (tertiary/aromatic N) is 3. The Balaban J connectivity index is 1.59. The largest absolute Gasteiger partial charge is 0.494 e. The van der Waals surface area contributed by atoms with E-state index in [2.05, 4.69) is 28.2 Å². The van der Waals surface area contributed by atoms with Gasteiger partial charge in [0.1, 0.15) is 18.1 Å². The average molecular weight is 453 g/mol. The smallest absolute Gasteiger partial charge is 0.234 e. The van der Waals surface area contributed by atoms with Gasteiger partial charge >= 0.3 is 0 Å². The van der Waals surface area contributed by atoms with Crippen LogP contribution < -0.4 is 14.8 Å². The first-order chi connectivity index (χ1) is 15.5. The van der Waals surface area contributed by atoms with Crippen LogP contribution in [0.25, 0.3) is 0 Å². The van der Waals surface area contributed by atoms with Crippen molar-refractivity contribution in [3.63, 3.8) is 0 Å². The van der Waals surface area contributed by atoms with Crippen molar-refractivity contribution < 1.29 is 14.3 Å². The van der Waals surface area contributed by atoms with Crippen LogP contribution in [0.1, 0.15) is 23.9 Å². The number of nitrogens with one attached hydrogen (secondary N) is 1. The van der Waals surface area contributed by atoms with Gasteiger partial charge in [0, 0.05) is 12.2 Å². The van der Waals surface area contributed by atoms with Crippen molar-refractivity contribution >= 4 is 23.4 Å². The molecular formula is C24H28N4O3S. The lowest BCUT2D eigenvalue weighted by Gasteiger charge is -2.10. The van der Waals surface area contributed by atoms with E-state index in [-0.39, 0.29) is 18.3 Å². The molecule has 3 aromatic rings. The molecule has 0 aliphatic rings. The van der Waals surface area contributed by atoms with E-state index in [0.717, 1.165) is 22.6 Å². The van der Waals surface area contributed by atoms with Crippen LogP contribution in [0.5, 0.6) is 11.5 Å². The zero-order chi connectivity index (χ0) is 22.9. The first-order valence-electron chi connectivity index (χ1n) is 10.4. The number of ether oxygens (including phenoxy) is 2. The highest BCUT2D eigenvalue weighted by Crippen LogP contribution is 2.21. The van der Waals surface area contributed by atoms with Crippen LogP contribution in [0.15, 0.2) is 60.3 Å². The number of rotatable bonds is 11. The first kappa shape index (κ1) is 23.4. The summed E-state index contributed by atoms with van der Waals surface area (Å²) in [7, 11) is 0. The van der Waals surface area contributed by atoms with Crippen molar-refractivity contribution in [2.75, 3.05) is 17.7 Å². The highest BCUT2D eigenvalue weighted by molar-refractivity contribution is 7.99. The lowest BCUT2D eigenvalue weighted by molar-refractivity contribution is -0.113. The first-order valence-corrected chi connectivity index (χ1v) is 11.4. The highest BCUT2D eigenvalue weighted by atomic mass is 32.2. The second kappa shape index (κ2) is 11.4. The van der Waals surface area contributed by atoms with E-state index in [9.17, 15) is 4.79 Å². The van der Waals surface area contributed by atoms with Crippen LogP contribution in [0.2, 0.25) is 0 Å². The van der Waals surface area contributed by atoms with Crippen molar-refractivity contribution in [2.24, 2.45) is 0 Å². The Morgan fingerprint density at radius 2 is 1.81 bits per heavy atom. The van der Waals surface area contributed by atoms with Crippen molar-refractivity contribution in [2.45, 2.75) is 39.1 Å². The maximum Gasteiger partial charge on any atom is 0.234 e. The molecule has 32 heavy (non-hydrogen) atoms. The summed E-state index contributed by atoms with van der Waals surface area (Å²) < 4.78 is 13.3. The number of anilines is 1. The Morgan fingerprint density at radius 3 is 2.47 bits per heavy atom. The molecule has 0 atom stereocenters. The molecule has 168 valence electrons. The maximum absolute atomic E-state index is 12.4. The van der Waals surface area contributed by atoms with Gasteiger partial charge in [0.05, 0.1) is 12.4 Å². The molecule has 1 N–H and O–H groups in total. The fourth-order valence-electron chi connectivity index (χ4n) is 3.14. The van der Waals surface area contributed by atoms with Gasteiger partial charge in [-0.05, 0) is 68.3 Å². The molecule has 0 aliphatic heterocycles. The molecule has 3 rings (SSSR count). The van der Waals surface area contributed by atoms with Crippen LogP contribution >= 0.6 is 11.8 Å². The lowest BCUT2D eigenvalue weighted by atomic mass is 10.1. The van der Waals surface area contributed by atoms with Gasteiger partial charge in [-0.15, -0.1) is 16.8 Å². The van der Waals surface area contributed by atoms with E-state index < -0.39 is 0 Å². The lowest BCUT2D eigenvalue weighted by Crippen LogP contribution is -2.15. The van der Waals surface area contributed by atoms with E-state index in [1.807, 2.05) is 61.7 Å². The Bertz CT molecular complexity index is 1040. The Hall–Kier alpha value is -3.26. The Labute approximate surface area is 192 Å². The quantitative estimate of drug-likeness (QED) is 0.333. The number of aromatic nitrogens is 3. The molecule has 1 aromatic heterocycles. The standard InChI is InChI=1S/C24H28N4O3S/c1-5-11-28-22(15-31-21-13-17(3)12-18(4)14-21)26-27-24(28)32-16-23(29)25-19-7-9-20(10-8-19)30-6-2/h5,7-10,12-14H,1,6,11,15-16H2,2-4H3,(H,25,29). The van der Waals surface area contributed by atoms with E-state index in [1.54, 1.807) is 6.08 Å². The Kier molecular flexibility index (Phi) is 8.33.